The minimum Gasteiger partial charge on any atom is -0.292 e. The van der Waals surface area contributed by atoms with E-state index >= 15 is 0 Å². The third-order valence-electron chi connectivity index (χ3n) is 3.37. The number of hydrogen-bond acceptors (Lipinski definition) is 2. The molecule has 0 saturated heterocycles. The van der Waals surface area contributed by atoms with Crippen molar-refractivity contribution in [2.45, 2.75) is 19.5 Å². The van der Waals surface area contributed by atoms with E-state index in [-0.39, 0.29) is 11.8 Å². The average Bonchev–Trinajstić information content (AvgIpc) is 2.47. The summed E-state index contributed by atoms with van der Waals surface area (Å²) < 4.78 is 0. The van der Waals surface area contributed by atoms with Gasteiger partial charge in [0.25, 0.3) is 0 Å². The van der Waals surface area contributed by atoms with Gasteiger partial charge in [-0.05, 0) is 19.5 Å². The smallest absolute Gasteiger partial charge is 0.179 e. The highest BCUT2D eigenvalue weighted by Gasteiger charge is 2.19. The third kappa shape index (κ3) is 3.52. The van der Waals surface area contributed by atoms with E-state index in [1.165, 1.54) is 5.56 Å². The molecule has 2 rings (SSSR count). The van der Waals surface area contributed by atoms with Crippen molar-refractivity contribution in [3.05, 3.63) is 71.8 Å². The van der Waals surface area contributed by atoms with Gasteiger partial charge in [-0.2, -0.15) is 0 Å². The fourth-order valence-electron chi connectivity index (χ4n) is 2.05. The Kier molecular flexibility index (Phi) is 4.48. The van der Waals surface area contributed by atoms with E-state index in [0.717, 1.165) is 12.1 Å². The zero-order valence-corrected chi connectivity index (χ0v) is 11.4. The summed E-state index contributed by atoms with van der Waals surface area (Å²) in [6, 6.07) is 19.5. The second-order valence-electron chi connectivity index (χ2n) is 4.81. The molecule has 2 aromatic rings. The molecule has 0 fully saturated rings. The fourth-order valence-corrected chi connectivity index (χ4v) is 2.05. The molecule has 19 heavy (non-hydrogen) atoms. The first-order chi connectivity index (χ1) is 9.18. The predicted molar refractivity (Wildman–Crippen MR) is 78.1 cm³/mol. The van der Waals surface area contributed by atoms with E-state index in [4.69, 9.17) is 0 Å². The Morgan fingerprint density at radius 2 is 1.53 bits per heavy atom. The van der Waals surface area contributed by atoms with Crippen LogP contribution in [-0.2, 0) is 6.54 Å². The van der Waals surface area contributed by atoms with Gasteiger partial charge in [0.1, 0.15) is 0 Å². The molecule has 0 spiro atoms. The highest BCUT2D eigenvalue weighted by Crippen LogP contribution is 2.11. The number of nitrogens with zero attached hydrogens (tertiary/aromatic N) is 1. The molecule has 98 valence electrons. The summed E-state index contributed by atoms with van der Waals surface area (Å²) in [5, 5.41) is 0. The van der Waals surface area contributed by atoms with Crippen molar-refractivity contribution in [2.75, 3.05) is 7.05 Å². The molecular weight excluding hydrogens is 234 g/mol. The van der Waals surface area contributed by atoms with Gasteiger partial charge in [0.2, 0.25) is 0 Å². The monoisotopic (exact) mass is 253 g/mol. The van der Waals surface area contributed by atoms with E-state index in [1.807, 2.05) is 62.5 Å². The van der Waals surface area contributed by atoms with Crippen LogP contribution in [0.2, 0.25) is 0 Å². The maximum atomic E-state index is 12.3. The second kappa shape index (κ2) is 6.30. The van der Waals surface area contributed by atoms with Gasteiger partial charge in [-0.1, -0.05) is 60.7 Å². The number of carbonyl (C=O) groups is 1. The summed E-state index contributed by atoms with van der Waals surface area (Å²) in [4.78, 5) is 14.4. The first-order valence-electron chi connectivity index (χ1n) is 6.52. The van der Waals surface area contributed by atoms with Crippen LogP contribution < -0.4 is 0 Å². The molecule has 0 heterocycles. The number of rotatable bonds is 5. The lowest BCUT2D eigenvalue weighted by Crippen LogP contribution is -2.35. The first kappa shape index (κ1) is 13.5. The average molecular weight is 253 g/mol. The van der Waals surface area contributed by atoms with E-state index in [9.17, 15) is 4.79 Å². The molecule has 0 bridgehead atoms. The van der Waals surface area contributed by atoms with Crippen LogP contribution in [0.4, 0.5) is 0 Å². The highest BCUT2D eigenvalue weighted by atomic mass is 16.1. The van der Waals surface area contributed by atoms with E-state index < -0.39 is 0 Å². The molecule has 0 aliphatic heterocycles. The summed E-state index contributed by atoms with van der Waals surface area (Å²) in [6.45, 7) is 2.73. The first-order valence-corrected chi connectivity index (χ1v) is 6.52. The quantitative estimate of drug-likeness (QED) is 0.761. The van der Waals surface area contributed by atoms with Crippen LogP contribution in [0.1, 0.15) is 22.8 Å². The largest absolute Gasteiger partial charge is 0.292 e. The maximum absolute atomic E-state index is 12.3. The highest BCUT2D eigenvalue weighted by molar-refractivity contribution is 5.99. The van der Waals surface area contributed by atoms with Gasteiger partial charge in [0, 0.05) is 12.1 Å². The number of ketones is 1. The maximum Gasteiger partial charge on any atom is 0.179 e. The zero-order valence-electron chi connectivity index (χ0n) is 11.4. The molecule has 0 saturated carbocycles. The van der Waals surface area contributed by atoms with Crippen molar-refractivity contribution < 1.29 is 4.79 Å². The normalized spacial score (nSPS) is 12.4. The Morgan fingerprint density at radius 1 is 1.00 bits per heavy atom. The van der Waals surface area contributed by atoms with E-state index in [1.54, 1.807) is 0 Å². The van der Waals surface area contributed by atoms with Crippen molar-refractivity contribution in [1.29, 1.82) is 0 Å². The minimum absolute atomic E-state index is 0.123. The zero-order chi connectivity index (χ0) is 13.7. The minimum atomic E-state index is -0.123. The van der Waals surface area contributed by atoms with Gasteiger partial charge in [-0.25, -0.2) is 0 Å². The van der Waals surface area contributed by atoms with Crippen molar-refractivity contribution in [2.24, 2.45) is 0 Å². The van der Waals surface area contributed by atoms with Gasteiger partial charge in [0.15, 0.2) is 5.78 Å². The molecule has 0 aromatic heterocycles. The lowest BCUT2D eigenvalue weighted by molar-refractivity contribution is 0.0862. The molecule has 0 aliphatic rings. The van der Waals surface area contributed by atoms with Gasteiger partial charge in [-0.3, -0.25) is 9.69 Å². The topological polar surface area (TPSA) is 20.3 Å². The molecule has 0 N–H and O–H groups in total. The van der Waals surface area contributed by atoms with Crippen LogP contribution in [0, 0.1) is 0 Å². The molecule has 1 unspecified atom stereocenters. The fraction of sp³-hybridized carbons (Fsp3) is 0.235. The Bertz CT molecular complexity index is 521. The van der Waals surface area contributed by atoms with Crippen LogP contribution in [-0.4, -0.2) is 23.8 Å². The molecule has 2 nitrogen and oxygen atoms in total. The Hall–Kier alpha value is -1.93. The number of hydrogen-bond donors (Lipinski definition) is 0. The lowest BCUT2D eigenvalue weighted by Gasteiger charge is -2.23. The molecule has 0 aliphatic carbocycles. The van der Waals surface area contributed by atoms with E-state index in [2.05, 4.69) is 17.0 Å². The standard InChI is InChI=1S/C17H19NO/c1-14(17(19)16-11-7-4-8-12-16)18(2)13-15-9-5-3-6-10-15/h3-12,14H,13H2,1-2H3. The summed E-state index contributed by atoms with van der Waals surface area (Å²) in [6.07, 6.45) is 0. The number of likely N-dealkylation sites (N-methyl/N-ethyl adjacent to an activating group) is 1. The SMILES string of the molecule is CC(C(=O)c1ccccc1)N(C)Cc1ccccc1. The number of Topliss-reactive ketones (excluding diaryl/α,β-unsaturated/α-hetero) is 1. The summed E-state index contributed by atoms with van der Waals surface area (Å²) >= 11 is 0. The number of benzene rings is 2. The Labute approximate surface area is 114 Å². The van der Waals surface area contributed by atoms with Gasteiger partial charge in [-0.15, -0.1) is 0 Å². The summed E-state index contributed by atoms with van der Waals surface area (Å²) in [5.74, 6) is 0.166. The van der Waals surface area contributed by atoms with E-state index in [0.29, 0.717) is 0 Å². The van der Waals surface area contributed by atoms with Crippen molar-refractivity contribution >= 4 is 5.78 Å². The second-order valence-corrected chi connectivity index (χ2v) is 4.81. The van der Waals surface area contributed by atoms with Crippen molar-refractivity contribution in [3.63, 3.8) is 0 Å². The van der Waals surface area contributed by atoms with Crippen molar-refractivity contribution in [1.82, 2.24) is 4.90 Å². The summed E-state index contributed by atoms with van der Waals surface area (Å²) in [5.41, 5.74) is 1.99. The van der Waals surface area contributed by atoms with Crippen LogP contribution in [0.3, 0.4) is 0 Å². The van der Waals surface area contributed by atoms with Crippen LogP contribution in [0.5, 0.6) is 0 Å². The lowest BCUT2D eigenvalue weighted by atomic mass is 10.0. The Morgan fingerprint density at radius 3 is 2.11 bits per heavy atom. The van der Waals surface area contributed by atoms with Crippen LogP contribution >= 0.6 is 0 Å². The molecule has 0 amide bonds. The molecule has 2 aromatic carbocycles. The molecule has 0 radical (unpaired) electrons. The third-order valence-corrected chi connectivity index (χ3v) is 3.37. The number of carbonyl (C=O) groups excluding carboxylic acids is 1. The molecule has 1 atom stereocenters. The van der Waals surface area contributed by atoms with Gasteiger partial charge < -0.3 is 0 Å². The predicted octanol–water partition coefficient (Wildman–Crippen LogP) is 3.39. The van der Waals surface area contributed by atoms with Crippen LogP contribution in [0.15, 0.2) is 60.7 Å². The van der Waals surface area contributed by atoms with Gasteiger partial charge >= 0.3 is 0 Å². The van der Waals surface area contributed by atoms with Crippen molar-refractivity contribution in [3.8, 4) is 0 Å². The van der Waals surface area contributed by atoms with Crippen LogP contribution in [0.25, 0.3) is 0 Å². The molecule has 2 heteroatoms. The Balaban J connectivity index is 2.03. The molecular formula is C17H19NO. The van der Waals surface area contributed by atoms with Gasteiger partial charge in [0.05, 0.1) is 6.04 Å². The summed E-state index contributed by atoms with van der Waals surface area (Å²) in [7, 11) is 1.98.